The minimum atomic E-state index is -2.03. The smallest absolute Gasteiger partial charge is 0.340 e. The van der Waals surface area contributed by atoms with Gasteiger partial charge < -0.3 is 13.9 Å². The molecular weight excluding hydrogens is 529 g/mol. The normalized spacial score (nSPS) is 20.3. The lowest BCUT2D eigenvalue weighted by Gasteiger charge is -2.37. The van der Waals surface area contributed by atoms with Crippen LogP contribution >= 0.6 is 21.6 Å². The highest BCUT2D eigenvalue weighted by atomic mass is 33.1. The Kier molecular flexibility index (Phi) is 10.5. The van der Waals surface area contributed by atoms with E-state index in [0.717, 1.165) is 11.5 Å². The van der Waals surface area contributed by atoms with Crippen molar-refractivity contribution in [2.24, 2.45) is 0 Å². The summed E-state index contributed by atoms with van der Waals surface area (Å²) in [4.78, 5) is 38.9. The molecule has 1 saturated heterocycles. The third-order valence-electron chi connectivity index (χ3n) is 6.84. The van der Waals surface area contributed by atoms with Crippen molar-refractivity contribution in [3.8, 4) is 0 Å². The van der Waals surface area contributed by atoms with Crippen LogP contribution in [0.15, 0.2) is 52.2 Å². The van der Waals surface area contributed by atoms with Crippen LogP contribution in [0, 0.1) is 0 Å². The second kappa shape index (κ2) is 12.9. The maximum atomic E-state index is 13.3. The van der Waals surface area contributed by atoms with Crippen LogP contribution in [0.3, 0.4) is 0 Å². The van der Waals surface area contributed by atoms with Crippen molar-refractivity contribution in [3.05, 3.63) is 69.0 Å². The molecule has 1 aliphatic heterocycles. The molecule has 0 radical (unpaired) electrons. The highest BCUT2D eigenvalue weighted by molar-refractivity contribution is 8.76. The van der Waals surface area contributed by atoms with E-state index in [2.05, 4.69) is 40.8 Å². The number of aromatic nitrogens is 2. The number of hydrogen-bond donors (Lipinski definition) is 0. The van der Waals surface area contributed by atoms with E-state index < -0.39 is 31.7 Å². The summed E-state index contributed by atoms with van der Waals surface area (Å²) < 4.78 is 20.9. The van der Waals surface area contributed by atoms with Gasteiger partial charge in [0.2, 0.25) is 0 Å². The Bertz CT molecular complexity index is 1160. The molecular formula is C26H38N2O6S2Si. The van der Waals surface area contributed by atoms with Gasteiger partial charge in [-0.15, -0.1) is 0 Å². The molecule has 0 bridgehead atoms. The lowest BCUT2D eigenvalue weighted by Crippen LogP contribution is -2.44. The Balaban J connectivity index is 1.83. The van der Waals surface area contributed by atoms with E-state index in [1.807, 2.05) is 0 Å². The van der Waals surface area contributed by atoms with Crippen molar-refractivity contribution in [2.45, 2.75) is 70.7 Å². The number of carbonyl (C=O) groups excluding carboxylic acids is 1. The summed E-state index contributed by atoms with van der Waals surface area (Å²) in [5, 5.41) is 0.0413. The average molecular weight is 567 g/mol. The van der Waals surface area contributed by atoms with Crippen LogP contribution in [-0.2, 0) is 13.9 Å². The molecule has 0 aliphatic carbocycles. The van der Waals surface area contributed by atoms with E-state index in [4.69, 9.17) is 13.9 Å². The van der Waals surface area contributed by atoms with E-state index in [9.17, 15) is 14.4 Å². The van der Waals surface area contributed by atoms with Crippen LogP contribution in [0.1, 0.15) is 50.7 Å². The zero-order valence-electron chi connectivity index (χ0n) is 22.5. The number of benzene rings is 1. The molecule has 0 spiro atoms. The van der Waals surface area contributed by atoms with E-state index >= 15 is 0 Å². The molecule has 3 rings (SSSR count). The van der Waals surface area contributed by atoms with Gasteiger partial charge in [-0.25, -0.2) is 4.79 Å². The molecule has 2 heterocycles. The predicted molar refractivity (Wildman–Crippen MR) is 153 cm³/mol. The Morgan fingerprint density at radius 2 is 1.84 bits per heavy atom. The van der Waals surface area contributed by atoms with Crippen molar-refractivity contribution in [1.29, 1.82) is 0 Å². The van der Waals surface area contributed by atoms with Gasteiger partial charge in [-0.1, -0.05) is 67.5 Å². The van der Waals surface area contributed by atoms with Gasteiger partial charge in [0, 0.05) is 35.8 Å². The maximum absolute atomic E-state index is 13.3. The second-order valence-corrected chi connectivity index (χ2v) is 18.1. The molecule has 0 unspecified atom stereocenters. The minimum absolute atomic E-state index is 0.0413. The molecule has 3 atom stereocenters. The zero-order chi connectivity index (χ0) is 27.2. The van der Waals surface area contributed by atoms with Crippen molar-refractivity contribution >= 4 is 35.8 Å². The molecule has 1 aromatic carbocycles. The van der Waals surface area contributed by atoms with Crippen LogP contribution in [-0.4, -0.2) is 60.3 Å². The first-order chi connectivity index (χ1) is 17.5. The predicted octanol–water partition coefficient (Wildman–Crippen LogP) is 4.79. The van der Waals surface area contributed by atoms with E-state index in [0.29, 0.717) is 24.2 Å². The van der Waals surface area contributed by atoms with Gasteiger partial charge in [0.25, 0.3) is 11.5 Å². The summed E-state index contributed by atoms with van der Waals surface area (Å²) in [6.07, 6.45) is 0.471. The molecule has 8 nitrogen and oxygen atoms in total. The van der Waals surface area contributed by atoms with E-state index in [-0.39, 0.29) is 22.8 Å². The van der Waals surface area contributed by atoms with Crippen LogP contribution in [0.5, 0.6) is 0 Å². The quantitative estimate of drug-likeness (QED) is 0.218. The monoisotopic (exact) mass is 566 g/mol. The first-order valence-corrected chi connectivity index (χ1v) is 17.9. The maximum Gasteiger partial charge on any atom is 0.340 e. The van der Waals surface area contributed by atoms with Crippen LogP contribution in [0.25, 0.3) is 0 Å². The van der Waals surface area contributed by atoms with Crippen molar-refractivity contribution < 1.29 is 18.7 Å². The fraction of sp³-hybridized carbons (Fsp3) is 0.577. The lowest BCUT2D eigenvalue weighted by molar-refractivity contribution is -0.0576. The summed E-state index contributed by atoms with van der Waals surface area (Å²) in [6, 6.07) is 9.51. The topological polar surface area (TPSA) is 88.8 Å². The molecule has 204 valence electrons. The number of nitrogens with zero attached hydrogens (tertiary/aromatic N) is 2. The average Bonchev–Trinajstić information content (AvgIpc) is 3.25. The first kappa shape index (κ1) is 29.9. The van der Waals surface area contributed by atoms with Crippen LogP contribution in [0.2, 0.25) is 18.1 Å². The van der Waals surface area contributed by atoms with Crippen LogP contribution < -0.4 is 11.2 Å². The standard InChI is InChI=1S/C26H38N2O6S2Si/c1-7-35-36-16-15-32-20-17-23(34-21(20)18-33-37(5,6)26(2,3)4)27-14-13-22(29)28(25(27)31)24(30)19-11-9-8-10-12-19/h8-14,20-21,23H,7,15-18H2,1-6H3/t20-,21+,23+/m0/s1. The molecule has 0 amide bonds. The molecule has 1 fully saturated rings. The van der Waals surface area contributed by atoms with Crippen LogP contribution in [0.4, 0.5) is 0 Å². The van der Waals surface area contributed by atoms with Gasteiger partial charge in [-0.05, 0) is 30.3 Å². The number of rotatable bonds is 11. The summed E-state index contributed by atoms with van der Waals surface area (Å²) in [5.41, 5.74) is -1.15. The van der Waals surface area contributed by atoms with E-state index in [1.165, 1.54) is 16.8 Å². The Morgan fingerprint density at radius 3 is 2.49 bits per heavy atom. The number of carbonyl (C=O) groups is 1. The summed E-state index contributed by atoms with van der Waals surface area (Å²) in [7, 11) is 1.51. The van der Waals surface area contributed by atoms with Gasteiger partial charge in [0.15, 0.2) is 8.32 Å². The molecule has 11 heteroatoms. The minimum Gasteiger partial charge on any atom is -0.414 e. The van der Waals surface area contributed by atoms with E-state index in [1.54, 1.807) is 51.9 Å². The van der Waals surface area contributed by atoms with Crippen molar-refractivity contribution in [2.75, 3.05) is 24.7 Å². The highest BCUT2D eigenvalue weighted by Gasteiger charge is 2.42. The second-order valence-electron chi connectivity index (χ2n) is 10.4. The van der Waals surface area contributed by atoms with Gasteiger partial charge in [0.1, 0.15) is 12.3 Å². The third-order valence-corrected chi connectivity index (χ3v) is 13.8. The fourth-order valence-corrected chi connectivity index (χ4v) is 6.21. The first-order valence-electron chi connectivity index (χ1n) is 12.6. The molecule has 37 heavy (non-hydrogen) atoms. The summed E-state index contributed by atoms with van der Waals surface area (Å²) in [6.45, 7) is 13.9. The summed E-state index contributed by atoms with van der Waals surface area (Å²) >= 11 is 0. The highest BCUT2D eigenvalue weighted by Crippen LogP contribution is 2.38. The number of hydrogen-bond acceptors (Lipinski definition) is 8. The fourth-order valence-electron chi connectivity index (χ4n) is 3.69. The van der Waals surface area contributed by atoms with Gasteiger partial charge in [0.05, 0.1) is 19.3 Å². The Labute approximate surface area is 227 Å². The zero-order valence-corrected chi connectivity index (χ0v) is 25.1. The largest absolute Gasteiger partial charge is 0.414 e. The molecule has 2 aromatic rings. The van der Waals surface area contributed by atoms with Gasteiger partial charge in [-0.2, -0.15) is 4.57 Å². The third kappa shape index (κ3) is 7.48. The summed E-state index contributed by atoms with van der Waals surface area (Å²) in [5.74, 6) is 1.20. The molecule has 0 saturated carbocycles. The van der Waals surface area contributed by atoms with Crippen molar-refractivity contribution in [3.63, 3.8) is 0 Å². The number of ether oxygens (including phenoxy) is 2. The Morgan fingerprint density at radius 1 is 1.14 bits per heavy atom. The SMILES string of the molecule is CCSSCCO[C@H]1C[C@H](n2ccc(=O)n(C(=O)c3ccccc3)c2=O)O[C@@H]1CO[Si](C)(C)C(C)(C)C. The van der Waals surface area contributed by atoms with Gasteiger partial charge in [-0.3, -0.25) is 14.2 Å². The lowest BCUT2D eigenvalue weighted by atomic mass is 10.2. The molecule has 0 N–H and O–H groups in total. The molecule has 1 aromatic heterocycles. The van der Waals surface area contributed by atoms with Crippen molar-refractivity contribution in [1.82, 2.24) is 9.13 Å². The molecule has 1 aliphatic rings. The van der Waals surface area contributed by atoms with Gasteiger partial charge >= 0.3 is 5.69 Å². The Hall–Kier alpha value is -1.63.